The maximum Gasteiger partial charge on any atom is 0.272 e. The summed E-state index contributed by atoms with van der Waals surface area (Å²) in [5, 5.41) is 18.2. The van der Waals surface area contributed by atoms with Gasteiger partial charge in [0.1, 0.15) is 5.75 Å². The molecule has 0 aliphatic heterocycles. The number of aromatic nitrogens is 2. The second kappa shape index (κ2) is 10.4. The Labute approximate surface area is 190 Å². The zero-order valence-electron chi connectivity index (χ0n) is 18.6. The number of non-ortho nitro benzene ring substituents is 1. The smallest absolute Gasteiger partial charge is 0.272 e. The number of nitro groups is 1. The van der Waals surface area contributed by atoms with E-state index >= 15 is 0 Å². The maximum absolute atomic E-state index is 12.9. The van der Waals surface area contributed by atoms with Crippen LogP contribution >= 0.6 is 0 Å². The molecule has 2 aromatic carbocycles. The standard InChI is InChI=1S/C23H25N5O5/c1-4-19(18-10-5-6-11-21(18)33-15-22(29)26(2)3)24-23(30)20-12-13-27(25-20)16-8-7-9-17(14-16)28(31)32/h5-14,19H,4,15H2,1-3H3,(H,24,30). The fraction of sp³-hybridized carbons (Fsp3) is 0.261. The average molecular weight is 451 g/mol. The molecule has 172 valence electrons. The zero-order chi connectivity index (χ0) is 24.0. The molecule has 10 nitrogen and oxygen atoms in total. The summed E-state index contributed by atoms with van der Waals surface area (Å²) >= 11 is 0. The van der Waals surface area contributed by atoms with E-state index in [1.165, 1.54) is 21.7 Å². The Morgan fingerprint density at radius 2 is 1.94 bits per heavy atom. The summed E-state index contributed by atoms with van der Waals surface area (Å²) in [6, 6.07) is 14.4. The van der Waals surface area contributed by atoms with E-state index in [1.807, 2.05) is 19.1 Å². The first-order valence-electron chi connectivity index (χ1n) is 10.3. The third kappa shape index (κ3) is 5.73. The highest BCUT2D eigenvalue weighted by Gasteiger charge is 2.20. The second-order valence-electron chi connectivity index (χ2n) is 7.47. The SMILES string of the molecule is CCC(NC(=O)c1ccn(-c2cccc([N+](=O)[O-])c2)n1)c1ccccc1OCC(=O)N(C)C. The Bertz CT molecular complexity index is 1160. The first-order chi connectivity index (χ1) is 15.8. The maximum atomic E-state index is 12.9. The lowest BCUT2D eigenvalue weighted by Crippen LogP contribution is -2.30. The van der Waals surface area contributed by atoms with E-state index in [9.17, 15) is 19.7 Å². The third-order valence-corrected chi connectivity index (χ3v) is 4.98. The van der Waals surface area contributed by atoms with Crippen LogP contribution in [-0.2, 0) is 4.79 Å². The van der Waals surface area contributed by atoms with Crippen molar-refractivity contribution < 1.29 is 19.2 Å². The van der Waals surface area contributed by atoms with E-state index < -0.39 is 10.8 Å². The number of nitrogens with one attached hydrogen (secondary N) is 1. The number of carbonyl (C=O) groups excluding carboxylic acids is 2. The summed E-state index contributed by atoms with van der Waals surface area (Å²) in [7, 11) is 3.30. The predicted molar refractivity (Wildman–Crippen MR) is 121 cm³/mol. The number of nitro benzene ring substituents is 1. The molecule has 0 saturated carbocycles. The van der Waals surface area contributed by atoms with Crippen LogP contribution in [0.3, 0.4) is 0 Å². The Hall–Kier alpha value is -4.21. The van der Waals surface area contributed by atoms with Gasteiger partial charge < -0.3 is 15.0 Å². The van der Waals surface area contributed by atoms with Gasteiger partial charge in [0.15, 0.2) is 12.3 Å². The molecule has 0 saturated heterocycles. The van der Waals surface area contributed by atoms with E-state index in [4.69, 9.17) is 4.74 Å². The minimum absolute atomic E-state index is 0.0654. The fourth-order valence-electron chi connectivity index (χ4n) is 3.14. The number of ether oxygens (including phenoxy) is 1. The Morgan fingerprint density at radius 3 is 2.64 bits per heavy atom. The van der Waals surface area contributed by atoms with Gasteiger partial charge in [0.25, 0.3) is 17.5 Å². The quantitative estimate of drug-likeness (QED) is 0.394. The van der Waals surface area contributed by atoms with Gasteiger partial charge in [-0.1, -0.05) is 31.2 Å². The lowest BCUT2D eigenvalue weighted by Gasteiger charge is -2.20. The number of hydrogen-bond donors (Lipinski definition) is 1. The minimum Gasteiger partial charge on any atom is -0.483 e. The molecule has 1 aromatic heterocycles. The summed E-state index contributed by atoms with van der Waals surface area (Å²) in [4.78, 5) is 36.7. The van der Waals surface area contributed by atoms with Crippen molar-refractivity contribution in [2.45, 2.75) is 19.4 Å². The van der Waals surface area contributed by atoms with Crippen LogP contribution in [0.1, 0.15) is 35.4 Å². The average Bonchev–Trinajstić information content (AvgIpc) is 3.31. The van der Waals surface area contributed by atoms with Gasteiger partial charge in [-0.3, -0.25) is 19.7 Å². The molecule has 10 heteroatoms. The summed E-state index contributed by atoms with van der Waals surface area (Å²) in [6.07, 6.45) is 2.15. The van der Waals surface area contributed by atoms with E-state index in [0.29, 0.717) is 17.9 Å². The monoisotopic (exact) mass is 451 g/mol. The molecule has 3 aromatic rings. The molecule has 0 aliphatic rings. The van der Waals surface area contributed by atoms with Crippen molar-refractivity contribution in [1.29, 1.82) is 0 Å². The highest BCUT2D eigenvalue weighted by Crippen LogP contribution is 2.27. The van der Waals surface area contributed by atoms with Crippen molar-refractivity contribution in [3.8, 4) is 11.4 Å². The van der Waals surface area contributed by atoms with Crippen molar-refractivity contribution in [2.75, 3.05) is 20.7 Å². The largest absolute Gasteiger partial charge is 0.483 e. The van der Waals surface area contributed by atoms with Crippen molar-refractivity contribution in [1.82, 2.24) is 20.0 Å². The first kappa shape index (κ1) is 23.5. The van der Waals surface area contributed by atoms with Crippen LogP contribution in [-0.4, -0.2) is 52.1 Å². The van der Waals surface area contributed by atoms with E-state index in [2.05, 4.69) is 10.4 Å². The number of rotatable bonds is 9. The molecule has 1 heterocycles. The van der Waals surface area contributed by atoms with E-state index in [0.717, 1.165) is 5.56 Å². The van der Waals surface area contributed by atoms with Crippen LogP contribution in [0.15, 0.2) is 60.8 Å². The Kier molecular flexibility index (Phi) is 7.39. The molecule has 2 amide bonds. The summed E-state index contributed by atoms with van der Waals surface area (Å²) in [5.74, 6) is -0.0549. The number of benzene rings is 2. The number of likely N-dealkylation sites (N-methyl/N-ethyl adjacent to an activating group) is 1. The van der Waals surface area contributed by atoms with Crippen LogP contribution in [0.4, 0.5) is 5.69 Å². The molecule has 0 bridgehead atoms. The zero-order valence-corrected chi connectivity index (χ0v) is 18.6. The topological polar surface area (TPSA) is 120 Å². The van der Waals surface area contributed by atoms with Gasteiger partial charge in [0.2, 0.25) is 0 Å². The normalized spacial score (nSPS) is 11.5. The lowest BCUT2D eigenvalue weighted by molar-refractivity contribution is -0.384. The highest BCUT2D eigenvalue weighted by atomic mass is 16.6. The molecular weight excluding hydrogens is 426 g/mol. The van der Waals surface area contributed by atoms with Gasteiger partial charge in [0, 0.05) is 38.0 Å². The predicted octanol–water partition coefficient (Wildman–Crippen LogP) is 3.13. The summed E-state index contributed by atoms with van der Waals surface area (Å²) < 4.78 is 7.12. The van der Waals surface area contributed by atoms with Crippen LogP contribution < -0.4 is 10.1 Å². The molecule has 1 N–H and O–H groups in total. The number of carbonyl (C=O) groups is 2. The molecule has 1 unspecified atom stereocenters. The number of para-hydroxylation sites is 1. The molecule has 33 heavy (non-hydrogen) atoms. The summed E-state index contributed by atoms with van der Waals surface area (Å²) in [5.41, 5.74) is 1.32. The fourth-order valence-corrected chi connectivity index (χ4v) is 3.14. The minimum atomic E-state index is -0.488. The Morgan fingerprint density at radius 1 is 1.18 bits per heavy atom. The van der Waals surface area contributed by atoms with Crippen molar-refractivity contribution in [3.05, 3.63) is 82.2 Å². The molecule has 1 atom stereocenters. The number of hydrogen-bond acceptors (Lipinski definition) is 6. The molecule has 3 rings (SSSR count). The first-order valence-corrected chi connectivity index (χ1v) is 10.3. The number of amides is 2. The lowest BCUT2D eigenvalue weighted by atomic mass is 10.0. The van der Waals surface area contributed by atoms with Gasteiger partial charge in [0.05, 0.1) is 16.7 Å². The van der Waals surface area contributed by atoms with Crippen molar-refractivity contribution >= 4 is 17.5 Å². The van der Waals surface area contributed by atoms with E-state index in [-0.39, 0.29) is 29.9 Å². The molecule has 0 aliphatic carbocycles. The molecule has 0 spiro atoms. The van der Waals surface area contributed by atoms with Gasteiger partial charge in [-0.25, -0.2) is 4.68 Å². The Balaban J connectivity index is 1.76. The van der Waals surface area contributed by atoms with Crippen LogP contribution in [0, 0.1) is 10.1 Å². The van der Waals surface area contributed by atoms with E-state index in [1.54, 1.807) is 50.6 Å². The van der Waals surface area contributed by atoms with Gasteiger partial charge in [-0.15, -0.1) is 0 Å². The van der Waals surface area contributed by atoms with Gasteiger partial charge >= 0.3 is 0 Å². The van der Waals surface area contributed by atoms with Crippen LogP contribution in [0.5, 0.6) is 5.75 Å². The van der Waals surface area contributed by atoms with Gasteiger partial charge in [-0.05, 0) is 24.6 Å². The second-order valence-corrected chi connectivity index (χ2v) is 7.47. The van der Waals surface area contributed by atoms with Crippen molar-refractivity contribution in [2.24, 2.45) is 0 Å². The van der Waals surface area contributed by atoms with Crippen LogP contribution in [0.25, 0.3) is 5.69 Å². The van der Waals surface area contributed by atoms with Gasteiger partial charge in [-0.2, -0.15) is 5.10 Å². The number of nitrogens with zero attached hydrogens (tertiary/aromatic N) is 4. The molecular formula is C23H25N5O5. The van der Waals surface area contributed by atoms with Crippen molar-refractivity contribution in [3.63, 3.8) is 0 Å². The third-order valence-electron chi connectivity index (χ3n) is 4.98. The molecule has 0 fully saturated rings. The summed E-state index contributed by atoms with van der Waals surface area (Å²) in [6.45, 7) is 1.82. The van der Waals surface area contributed by atoms with Crippen LogP contribution in [0.2, 0.25) is 0 Å². The molecule has 0 radical (unpaired) electrons. The highest BCUT2D eigenvalue weighted by molar-refractivity contribution is 5.92.